The Bertz CT molecular complexity index is 959. The second kappa shape index (κ2) is 8.82. The van der Waals surface area contributed by atoms with Gasteiger partial charge in [-0.05, 0) is 54.8 Å². The maximum atomic E-state index is 13.3. The van der Waals surface area contributed by atoms with Crippen molar-refractivity contribution >= 4 is 35.0 Å². The third kappa shape index (κ3) is 4.51. The van der Waals surface area contributed by atoms with Crippen LogP contribution < -0.4 is 0 Å². The SMILES string of the molecule is Fc1ccc(-c2nnc(SCc3ccc(Cl)c(Cl)c3)n2C[C@@H]2CCCO2)cc1. The zero-order chi connectivity index (χ0) is 19.5. The van der Waals surface area contributed by atoms with Crippen molar-refractivity contribution in [3.8, 4) is 11.4 Å². The van der Waals surface area contributed by atoms with E-state index in [1.54, 1.807) is 30.0 Å². The van der Waals surface area contributed by atoms with Crippen LogP contribution in [0.15, 0.2) is 47.6 Å². The van der Waals surface area contributed by atoms with Crippen molar-refractivity contribution in [3.05, 3.63) is 63.9 Å². The highest BCUT2D eigenvalue weighted by Crippen LogP contribution is 2.30. The molecule has 1 fully saturated rings. The van der Waals surface area contributed by atoms with E-state index in [0.717, 1.165) is 35.7 Å². The summed E-state index contributed by atoms with van der Waals surface area (Å²) in [4.78, 5) is 0. The summed E-state index contributed by atoms with van der Waals surface area (Å²) in [6, 6.07) is 11.9. The molecule has 1 aliphatic heterocycles. The summed E-state index contributed by atoms with van der Waals surface area (Å²) in [5, 5.41) is 10.6. The molecule has 0 amide bonds. The van der Waals surface area contributed by atoms with E-state index in [0.29, 0.717) is 28.2 Å². The van der Waals surface area contributed by atoms with E-state index in [1.165, 1.54) is 12.1 Å². The summed E-state index contributed by atoms with van der Waals surface area (Å²) < 4.78 is 21.2. The van der Waals surface area contributed by atoms with Gasteiger partial charge in [0.15, 0.2) is 11.0 Å². The predicted molar refractivity (Wildman–Crippen MR) is 110 cm³/mol. The highest BCUT2D eigenvalue weighted by molar-refractivity contribution is 7.98. The van der Waals surface area contributed by atoms with Crippen molar-refractivity contribution in [2.45, 2.75) is 36.4 Å². The molecule has 3 aromatic rings. The van der Waals surface area contributed by atoms with Gasteiger partial charge in [0.05, 0.1) is 22.7 Å². The fourth-order valence-corrected chi connectivity index (χ4v) is 4.35. The maximum absolute atomic E-state index is 13.3. The van der Waals surface area contributed by atoms with Crippen LogP contribution >= 0.6 is 35.0 Å². The Morgan fingerprint density at radius 1 is 1.11 bits per heavy atom. The van der Waals surface area contributed by atoms with Crippen molar-refractivity contribution < 1.29 is 9.13 Å². The molecule has 1 aromatic heterocycles. The Morgan fingerprint density at radius 2 is 1.93 bits per heavy atom. The standard InChI is InChI=1S/C20H18Cl2FN3OS/c21-17-8-3-13(10-18(17)22)12-28-20-25-24-19(14-4-6-15(23)7-5-14)26(20)11-16-2-1-9-27-16/h3-8,10,16H,1-2,9,11-12H2/t16-/m0/s1. The number of hydrogen-bond donors (Lipinski definition) is 0. The Morgan fingerprint density at radius 3 is 2.64 bits per heavy atom. The summed E-state index contributed by atoms with van der Waals surface area (Å²) in [6.45, 7) is 1.45. The fourth-order valence-electron chi connectivity index (χ4n) is 3.14. The van der Waals surface area contributed by atoms with Gasteiger partial charge in [-0.15, -0.1) is 10.2 Å². The van der Waals surface area contributed by atoms with E-state index in [9.17, 15) is 4.39 Å². The van der Waals surface area contributed by atoms with Gasteiger partial charge >= 0.3 is 0 Å². The number of ether oxygens (including phenoxy) is 1. The first kappa shape index (κ1) is 19.7. The molecule has 1 atom stereocenters. The molecular formula is C20H18Cl2FN3OS. The van der Waals surface area contributed by atoms with Gasteiger partial charge in [-0.2, -0.15) is 0 Å². The monoisotopic (exact) mass is 437 g/mol. The first-order valence-corrected chi connectivity index (χ1v) is 10.7. The molecule has 1 saturated heterocycles. The Labute approximate surface area is 177 Å². The summed E-state index contributed by atoms with van der Waals surface area (Å²) in [5.74, 6) is 1.12. The lowest BCUT2D eigenvalue weighted by atomic mass is 10.2. The molecule has 0 spiro atoms. The first-order chi connectivity index (χ1) is 13.6. The van der Waals surface area contributed by atoms with Gasteiger partial charge in [0.2, 0.25) is 0 Å². The van der Waals surface area contributed by atoms with Crippen LogP contribution in [-0.4, -0.2) is 27.5 Å². The second-order valence-electron chi connectivity index (χ2n) is 6.60. The lowest BCUT2D eigenvalue weighted by Gasteiger charge is -2.15. The van der Waals surface area contributed by atoms with Gasteiger partial charge in [0.1, 0.15) is 5.82 Å². The van der Waals surface area contributed by atoms with E-state index in [1.807, 2.05) is 12.1 Å². The van der Waals surface area contributed by atoms with E-state index in [2.05, 4.69) is 14.8 Å². The van der Waals surface area contributed by atoms with Gasteiger partial charge in [-0.25, -0.2) is 4.39 Å². The molecule has 1 aliphatic rings. The molecule has 4 nitrogen and oxygen atoms in total. The van der Waals surface area contributed by atoms with Gasteiger partial charge in [0.25, 0.3) is 0 Å². The minimum atomic E-state index is -0.275. The van der Waals surface area contributed by atoms with Crippen molar-refractivity contribution in [1.29, 1.82) is 0 Å². The quantitative estimate of drug-likeness (QED) is 0.452. The smallest absolute Gasteiger partial charge is 0.191 e. The first-order valence-electron chi connectivity index (χ1n) is 8.97. The fraction of sp³-hybridized carbons (Fsp3) is 0.300. The Balaban J connectivity index is 1.59. The molecule has 0 aliphatic carbocycles. The average molecular weight is 438 g/mol. The number of rotatable bonds is 6. The largest absolute Gasteiger partial charge is 0.376 e. The van der Waals surface area contributed by atoms with E-state index in [-0.39, 0.29) is 11.9 Å². The second-order valence-corrected chi connectivity index (χ2v) is 8.35. The topological polar surface area (TPSA) is 39.9 Å². The summed E-state index contributed by atoms with van der Waals surface area (Å²) in [6.07, 6.45) is 2.21. The molecule has 146 valence electrons. The van der Waals surface area contributed by atoms with E-state index >= 15 is 0 Å². The van der Waals surface area contributed by atoms with Crippen LogP contribution in [0, 0.1) is 5.82 Å². The van der Waals surface area contributed by atoms with Crippen molar-refractivity contribution in [2.24, 2.45) is 0 Å². The van der Waals surface area contributed by atoms with Gasteiger partial charge in [0, 0.05) is 17.9 Å². The molecule has 0 N–H and O–H groups in total. The highest BCUT2D eigenvalue weighted by Gasteiger charge is 2.22. The maximum Gasteiger partial charge on any atom is 0.191 e. The number of benzene rings is 2. The summed E-state index contributed by atoms with van der Waals surface area (Å²) in [5.41, 5.74) is 1.88. The molecule has 0 saturated carbocycles. The number of hydrogen-bond acceptors (Lipinski definition) is 4. The average Bonchev–Trinajstić information content (AvgIpc) is 3.34. The van der Waals surface area contributed by atoms with Crippen LogP contribution in [0.5, 0.6) is 0 Å². The predicted octanol–water partition coefficient (Wildman–Crippen LogP) is 5.86. The number of thioether (sulfide) groups is 1. The zero-order valence-electron chi connectivity index (χ0n) is 14.9. The van der Waals surface area contributed by atoms with Crippen molar-refractivity contribution in [1.82, 2.24) is 14.8 Å². The molecule has 2 aromatic carbocycles. The highest BCUT2D eigenvalue weighted by atomic mass is 35.5. The molecule has 28 heavy (non-hydrogen) atoms. The van der Waals surface area contributed by atoms with Crippen LogP contribution in [0.2, 0.25) is 10.0 Å². The zero-order valence-corrected chi connectivity index (χ0v) is 17.3. The van der Waals surface area contributed by atoms with E-state index < -0.39 is 0 Å². The van der Waals surface area contributed by atoms with Crippen LogP contribution in [0.25, 0.3) is 11.4 Å². The van der Waals surface area contributed by atoms with Crippen LogP contribution in [0.1, 0.15) is 18.4 Å². The molecule has 0 unspecified atom stereocenters. The molecule has 4 rings (SSSR count). The van der Waals surface area contributed by atoms with Crippen LogP contribution in [-0.2, 0) is 17.0 Å². The molecule has 2 heterocycles. The van der Waals surface area contributed by atoms with Crippen molar-refractivity contribution in [3.63, 3.8) is 0 Å². The molecule has 0 radical (unpaired) electrons. The van der Waals surface area contributed by atoms with E-state index in [4.69, 9.17) is 27.9 Å². The van der Waals surface area contributed by atoms with Crippen molar-refractivity contribution in [2.75, 3.05) is 6.61 Å². The number of nitrogens with zero attached hydrogens (tertiary/aromatic N) is 3. The Kier molecular flexibility index (Phi) is 6.21. The Hall–Kier alpha value is -1.60. The minimum absolute atomic E-state index is 0.138. The molecular weight excluding hydrogens is 420 g/mol. The third-order valence-corrected chi connectivity index (χ3v) is 6.36. The number of halogens is 3. The van der Waals surface area contributed by atoms with Gasteiger partial charge in [-0.1, -0.05) is 41.0 Å². The molecule has 0 bridgehead atoms. The van der Waals surface area contributed by atoms with Gasteiger partial charge in [-0.3, -0.25) is 4.57 Å². The summed E-state index contributed by atoms with van der Waals surface area (Å²) in [7, 11) is 0. The van der Waals surface area contributed by atoms with Gasteiger partial charge < -0.3 is 4.74 Å². The number of aromatic nitrogens is 3. The van der Waals surface area contributed by atoms with Crippen LogP contribution in [0.4, 0.5) is 4.39 Å². The normalized spacial score (nSPS) is 16.6. The van der Waals surface area contributed by atoms with Crippen LogP contribution in [0.3, 0.4) is 0 Å². The minimum Gasteiger partial charge on any atom is -0.376 e. The summed E-state index contributed by atoms with van der Waals surface area (Å²) >= 11 is 13.7. The third-order valence-electron chi connectivity index (χ3n) is 4.58. The lowest BCUT2D eigenvalue weighted by molar-refractivity contribution is 0.0953. The lowest BCUT2D eigenvalue weighted by Crippen LogP contribution is -2.16. The molecule has 8 heteroatoms.